The van der Waals surface area contributed by atoms with Crippen molar-refractivity contribution in [2.75, 3.05) is 25.5 Å². The van der Waals surface area contributed by atoms with E-state index in [1.165, 1.54) is 0 Å². The van der Waals surface area contributed by atoms with Crippen molar-refractivity contribution in [1.82, 2.24) is 14.7 Å². The van der Waals surface area contributed by atoms with Crippen LogP contribution in [-0.2, 0) is 9.59 Å². The molecular formula is C12H20N4O3. The molecule has 0 radical (unpaired) electrons. The zero-order valence-corrected chi connectivity index (χ0v) is 11.5. The summed E-state index contributed by atoms with van der Waals surface area (Å²) >= 11 is 0. The summed E-state index contributed by atoms with van der Waals surface area (Å²) in [5, 5.41) is 15.4. The molecule has 19 heavy (non-hydrogen) atoms. The van der Waals surface area contributed by atoms with Crippen LogP contribution in [0, 0.1) is 0 Å². The number of rotatable bonds is 7. The van der Waals surface area contributed by atoms with Gasteiger partial charge in [0.25, 0.3) is 0 Å². The molecule has 0 atom stereocenters. The lowest BCUT2D eigenvalue weighted by atomic mass is 10.4. The van der Waals surface area contributed by atoms with Gasteiger partial charge in [0, 0.05) is 18.7 Å². The van der Waals surface area contributed by atoms with Crippen molar-refractivity contribution in [2.45, 2.75) is 26.3 Å². The maximum atomic E-state index is 11.8. The summed E-state index contributed by atoms with van der Waals surface area (Å²) in [4.78, 5) is 23.9. The van der Waals surface area contributed by atoms with Crippen LogP contribution in [0.2, 0.25) is 0 Å². The summed E-state index contributed by atoms with van der Waals surface area (Å²) in [6, 6.07) is 1.89. The molecule has 106 valence electrons. The van der Waals surface area contributed by atoms with Crippen LogP contribution < -0.4 is 5.32 Å². The van der Waals surface area contributed by atoms with Crippen LogP contribution in [0.4, 0.5) is 5.82 Å². The highest BCUT2D eigenvalue weighted by molar-refractivity contribution is 5.91. The van der Waals surface area contributed by atoms with Gasteiger partial charge in [0.1, 0.15) is 5.82 Å². The van der Waals surface area contributed by atoms with Crippen LogP contribution in [0.3, 0.4) is 0 Å². The molecule has 2 N–H and O–H groups in total. The summed E-state index contributed by atoms with van der Waals surface area (Å²) in [7, 11) is 1.71. The van der Waals surface area contributed by atoms with E-state index in [9.17, 15) is 9.59 Å². The first kappa shape index (κ1) is 15.2. The molecule has 0 saturated heterocycles. The third kappa shape index (κ3) is 5.09. The van der Waals surface area contributed by atoms with Crippen LogP contribution in [0.25, 0.3) is 0 Å². The van der Waals surface area contributed by atoms with Crippen molar-refractivity contribution >= 4 is 17.7 Å². The van der Waals surface area contributed by atoms with E-state index in [0.717, 1.165) is 0 Å². The van der Waals surface area contributed by atoms with E-state index in [2.05, 4.69) is 10.4 Å². The monoisotopic (exact) mass is 268 g/mol. The first-order chi connectivity index (χ1) is 8.90. The summed E-state index contributed by atoms with van der Waals surface area (Å²) in [6.45, 7) is 4.44. The largest absolute Gasteiger partial charge is 0.481 e. The first-order valence-corrected chi connectivity index (χ1v) is 6.14. The number of carbonyl (C=O) groups excluding carboxylic acids is 1. The molecule has 0 aliphatic heterocycles. The van der Waals surface area contributed by atoms with Crippen molar-refractivity contribution in [1.29, 1.82) is 0 Å². The summed E-state index contributed by atoms with van der Waals surface area (Å²) in [5.41, 5.74) is 0. The third-order valence-electron chi connectivity index (χ3n) is 2.55. The Kier molecular flexibility index (Phi) is 5.50. The average Bonchev–Trinajstić information content (AvgIpc) is 2.74. The number of aliphatic carboxylic acids is 1. The first-order valence-electron chi connectivity index (χ1n) is 6.14. The minimum atomic E-state index is -0.870. The number of anilines is 1. The average molecular weight is 268 g/mol. The van der Waals surface area contributed by atoms with Crippen molar-refractivity contribution in [2.24, 2.45) is 0 Å². The maximum Gasteiger partial charge on any atom is 0.304 e. The van der Waals surface area contributed by atoms with Gasteiger partial charge in [0.15, 0.2) is 0 Å². The molecule has 1 amide bonds. The highest BCUT2D eigenvalue weighted by atomic mass is 16.4. The SMILES string of the molecule is CC(C)n1nccc1NC(=O)CN(C)CCC(=O)O. The number of nitrogens with one attached hydrogen (secondary N) is 1. The van der Waals surface area contributed by atoms with E-state index in [0.29, 0.717) is 12.4 Å². The lowest BCUT2D eigenvalue weighted by molar-refractivity contribution is -0.137. The molecule has 7 nitrogen and oxygen atoms in total. The Balaban J connectivity index is 2.46. The van der Waals surface area contributed by atoms with E-state index in [-0.39, 0.29) is 24.9 Å². The highest BCUT2D eigenvalue weighted by Gasteiger charge is 2.11. The van der Waals surface area contributed by atoms with Crippen LogP contribution in [-0.4, -0.2) is 51.8 Å². The molecule has 1 rings (SSSR count). The maximum absolute atomic E-state index is 11.8. The van der Waals surface area contributed by atoms with E-state index in [1.807, 2.05) is 13.8 Å². The fourth-order valence-electron chi connectivity index (χ4n) is 1.62. The number of carbonyl (C=O) groups is 2. The van der Waals surface area contributed by atoms with Gasteiger partial charge in [-0.05, 0) is 20.9 Å². The number of hydrogen-bond acceptors (Lipinski definition) is 4. The zero-order valence-electron chi connectivity index (χ0n) is 11.5. The molecule has 0 unspecified atom stereocenters. The Hall–Kier alpha value is -1.89. The Morgan fingerprint density at radius 2 is 2.21 bits per heavy atom. The van der Waals surface area contributed by atoms with Crippen molar-refractivity contribution in [3.05, 3.63) is 12.3 Å². The number of aromatic nitrogens is 2. The van der Waals surface area contributed by atoms with Crippen molar-refractivity contribution < 1.29 is 14.7 Å². The quantitative estimate of drug-likeness (QED) is 0.764. The van der Waals surface area contributed by atoms with Crippen molar-refractivity contribution in [3.63, 3.8) is 0 Å². The molecule has 0 saturated carbocycles. The Morgan fingerprint density at radius 1 is 1.53 bits per heavy atom. The van der Waals surface area contributed by atoms with Crippen LogP contribution in [0.5, 0.6) is 0 Å². The molecule has 0 aromatic carbocycles. The molecule has 0 bridgehead atoms. The topological polar surface area (TPSA) is 87.5 Å². The van der Waals surface area contributed by atoms with E-state index >= 15 is 0 Å². The Bertz CT molecular complexity index is 442. The second kappa shape index (κ2) is 6.89. The minimum absolute atomic E-state index is 0.0215. The van der Waals surface area contributed by atoms with E-state index in [1.54, 1.807) is 28.9 Å². The fraction of sp³-hybridized carbons (Fsp3) is 0.583. The van der Waals surface area contributed by atoms with Gasteiger partial charge in [-0.25, -0.2) is 4.68 Å². The van der Waals surface area contributed by atoms with Gasteiger partial charge in [-0.3, -0.25) is 14.5 Å². The minimum Gasteiger partial charge on any atom is -0.481 e. The highest BCUT2D eigenvalue weighted by Crippen LogP contribution is 2.12. The summed E-state index contributed by atoms with van der Waals surface area (Å²) < 4.78 is 1.72. The second-order valence-electron chi connectivity index (χ2n) is 4.68. The Morgan fingerprint density at radius 3 is 2.79 bits per heavy atom. The molecular weight excluding hydrogens is 248 g/mol. The van der Waals surface area contributed by atoms with Gasteiger partial charge >= 0.3 is 5.97 Å². The number of nitrogens with zero attached hydrogens (tertiary/aromatic N) is 3. The predicted molar refractivity (Wildman–Crippen MR) is 71.0 cm³/mol. The summed E-state index contributed by atoms with van der Waals surface area (Å²) in [6.07, 6.45) is 1.65. The van der Waals surface area contributed by atoms with Crippen molar-refractivity contribution in [3.8, 4) is 0 Å². The number of hydrogen-bond donors (Lipinski definition) is 2. The molecule has 1 aromatic rings. The molecule has 0 fully saturated rings. The second-order valence-corrected chi connectivity index (χ2v) is 4.68. The number of likely N-dealkylation sites (N-methyl/N-ethyl adjacent to an activating group) is 1. The van der Waals surface area contributed by atoms with E-state index < -0.39 is 5.97 Å². The van der Waals surface area contributed by atoms with Crippen LogP contribution in [0.1, 0.15) is 26.3 Å². The lowest BCUT2D eigenvalue weighted by Gasteiger charge is -2.16. The number of carboxylic acids is 1. The number of carboxylic acid groups (broad SMARTS) is 1. The Labute approximate surface area is 112 Å². The standard InChI is InChI=1S/C12H20N4O3/c1-9(2)16-10(4-6-13-16)14-11(17)8-15(3)7-5-12(18)19/h4,6,9H,5,7-8H2,1-3H3,(H,14,17)(H,18,19). The van der Waals surface area contributed by atoms with Gasteiger partial charge in [-0.2, -0.15) is 5.10 Å². The normalized spacial score (nSPS) is 11.0. The van der Waals surface area contributed by atoms with Gasteiger partial charge in [-0.1, -0.05) is 0 Å². The number of amides is 1. The van der Waals surface area contributed by atoms with Gasteiger partial charge in [-0.15, -0.1) is 0 Å². The molecule has 0 spiro atoms. The smallest absolute Gasteiger partial charge is 0.304 e. The molecule has 7 heteroatoms. The van der Waals surface area contributed by atoms with Gasteiger partial charge in [0.05, 0.1) is 19.2 Å². The molecule has 1 aromatic heterocycles. The zero-order chi connectivity index (χ0) is 14.4. The predicted octanol–water partition coefficient (Wildman–Crippen LogP) is 0.809. The fourth-order valence-corrected chi connectivity index (χ4v) is 1.62. The molecule has 1 heterocycles. The van der Waals surface area contributed by atoms with Gasteiger partial charge in [0.2, 0.25) is 5.91 Å². The van der Waals surface area contributed by atoms with Gasteiger partial charge < -0.3 is 10.4 Å². The lowest BCUT2D eigenvalue weighted by Crippen LogP contribution is -2.32. The summed E-state index contributed by atoms with van der Waals surface area (Å²) in [5.74, 6) is -0.410. The molecule has 0 aliphatic carbocycles. The third-order valence-corrected chi connectivity index (χ3v) is 2.55. The van der Waals surface area contributed by atoms with Crippen LogP contribution >= 0.6 is 0 Å². The van der Waals surface area contributed by atoms with Crippen LogP contribution in [0.15, 0.2) is 12.3 Å². The van der Waals surface area contributed by atoms with E-state index in [4.69, 9.17) is 5.11 Å². The molecule has 0 aliphatic rings.